The van der Waals surface area contributed by atoms with Crippen molar-refractivity contribution in [2.75, 3.05) is 44.3 Å². The summed E-state index contributed by atoms with van der Waals surface area (Å²) in [5.41, 5.74) is 13.9. The Labute approximate surface area is 246 Å². The zero-order chi connectivity index (χ0) is 28.8. The number of anilines is 3. The first kappa shape index (κ1) is 26.8. The first-order chi connectivity index (χ1) is 20.4. The number of aryl methyl sites for hydroxylation is 2. The molecule has 9 nitrogen and oxygen atoms in total. The first-order valence-corrected chi connectivity index (χ1v) is 15.1. The van der Waals surface area contributed by atoms with Crippen molar-refractivity contribution in [2.24, 2.45) is 0 Å². The summed E-state index contributed by atoms with van der Waals surface area (Å²) in [6.07, 6.45) is 10.5. The van der Waals surface area contributed by atoms with Gasteiger partial charge in [0.2, 0.25) is 5.95 Å². The highest BCUT2D eigenvalue weighted by Gasteiger charge is 2.30. The van der Waals surface area contributed by atoms with Crippen LogP contribution < -0.4 is 11.1 Å². The second-order valence-electron chi connectivity index (χ2n) is 12.1. The maximum Gasteiger partial charge on any atom is 0.227 e. The maximum absolute atomic E-state index is 6.46. The highest BCUT2D eigenvalue weighted by Crippen LogP contribution is 2.39. The SMILES string of the molecule is Cc1cc2cnc(Nc3ccc(-c4cn([C@H]5CC[C@@H](N6CCN(C)CC6)CC5)c5ncnc(N)c45)cc3)nc2cc1C. The van der Waals surface area contributed by atoms with Crippen molar-refractivity contribution < 1.29 is 0 Å². The fourth-order valence-corrected chi connectivity index (χ4v) is 6.71. The third kappa shape index (κ3) is 5.07. The minimum Gasteiger partial charge on any atom is -0.383 e. The first-order valence-electron chi connectivity index (χ1n) is 15.1. The summed E-state index contributed by atoms with van der Waals surface area (Å²) in [4.78, 5) is 23.5. The lowest BCUT2D eigenvalue weighted by Gasteiger charge is -2.41. The summed E-state index contributed by atoms with van der Waals surface area (Å²) >= 11 is 0. The predicted molar refractivity (Wildman–Crippen MR) is 170 cm³/mol. The number of hydrogen-bond donors (Lipinski definition) is 2. The number of piperazine rings is 1. The van der Waals surface area contributed by atoms with Crippen LogP contribution in [0.5, 0.6) is 0 Å². The summed E-state index contributed by atoms with van der Waals surface area (Å²) in [6, 6.07) is 13.7. The Balaban J connectivity index is 1.12. The number of benzene rings is 2. The van der Waals surface area contributed by atoms with Crippen molar-refractivity contribution >= 4 is 39.4 Å². The van der Waals surface area contributed by atoms with Crippen molar-refractivity contribution in [2.45, 2.75) is 51.6 Å². The van der Waals surface area contributed by atoms with Gasteiger partial charge in [-0.1, -0.05) is 12.1 Å². The van der Waals surface area contributed by atoms with Gasteiger partial charge in [0.25, 0.3) is 0 Å². The fourth-order valence-electron chi connectivity index (χ4n) is 6.71. The summed E-state index contributed by atoms with van der Waals surface area (Å²) < 4.78 is 2.36. The molecule has 1 saturated heterocycles. The molecule has 1 saturated carbocycles. The molecule has 5 aromatic rings. The van der Waals surface area contributed by atoms with E-state index in [2.05, 4.69) is 93.1 Å². The van der Waals surface area contributed by atoms with Gasteiger partial charge in [0.15, 0.2) is 0 Å². The minimum absolute atomic E-state index is 0.415. The van der Waals surface area contributed by atoms with Gasteiger partial charge in [-0.3, -0.25) is 4.90 Å². The van der Waals surface area contributed by atoms with Crippen LogP contribution in [-0.2, 0) is 0 Å². The molecule has 2 aromatic carbocycles. The van der Waals surface area contributed by atoms with Gasteiger partial charge in [-0.15, -0.1) is 0 Å². The van der Waals surface area contributed by atoms with Crippen molar-refractivity contribution in [1.82, 2.24) is 34.3 Å². The van der Waals surface area contributed by atoms with E-state index in [1.165, 1.54) is 50.1 Å². The van der Waals surface area contributed by atoms with Crippen molar-refractivity contribution in [1.29, 1.82) is 0 Å². The Bertz CT molecular complexity index is 1730. The van der Waals surface area contributed by atoms with E-state index >= 15 is 0 Å². The molecule has 0 bridgehead atoms. The molecule has 0 radical (unpaired) electrons. The van der Waals surface area contributed by atoms with Crippen molar-refractivity contribution in [3.8, 4) is 11.1 Å². The van der Waals surface area contributed by atoms with Crippen LogP contribution in [0.15, 0.2) is 55.1 Å². The molecule has 0 atom stereocenters. The number of nitrogens with two attached hydrogens (primary N) is 1. The Kier molecular flexibility index (Phi) is 6.99. The van der Waals surface area contributed by atoms with Crippen LogP contribution in [0.2, 0.25) is 0 Å². The minimum atomic E-state index is 0.415. The normalized spacial score (nSPS) is 20.4. The zero-order valence-electron chi connectivity index (χ0n) is 24.7. The summed E-state index contributed by atoms with van der Waals surface area (Å²) in [5.74, 6) is 1.11. The molecule has 0 spiro atoms. The molecule has 2 aliphatic rings. The Morgan fingerprint density at radius 2 is 1.57 bits per heavy atom. The molecule has 1 aliphatic heterocycles. The van der Waals surface area contributed by atoms with Gasteiger partial charge in [-0.05, 0) is 87.5 Å². The van der Waals surface area contributed by atoms with Gasteiger partial charge in [0.05, 0.1) is 10.9 Å². The fraction of sp³-hybridized carbons (Fsp3) is 0.394. The lowest BCUT2D eigenvalue weighted by Crippen LogP contribution is -2.49. The second kappa shape index (κ2) is 11.0. The van der Waals surface area contributed by atoms with Crippen LogP contribution in [0.25, 0.3) is 33.1 Å². The maximum atomic E-state index is 6.46. The third-order valence-corrected chi connectivity index (χ3v) is 9.40. The smallest absolute Gasteiger partial charge is 0.227 e. The summed E-state index contributed by atoms with van der Waals surface area (Å²) in [7, 11) is 2.22. The molecule has 42 heavy (non-hydrogen) atoms. The molecule has 4 heterocycles. The number of nitrogens with zero attached hydrogens (tertiary/aromatic N) is 7. The third-order valence-electron chi connectivity index (χ3n) is 9.40. The average molecular weight is 562 g/mol. The Morgan fingerprint density at radius 3 is 2.33 bits per heavy atom. The van der Waals surface area contributed by atoms with E-state index in [0.717, 1.165) is 51.6 Å². The lowest BCUT2D eigenvalue weighted by molar-refractivity contribution is 0.0828. The molecular formula is C33H39N9. The van der Waals surface area contributed by atoms with Crippen molar-refractivity contribution in [3.63, 3.8) is 0 Å². The van der Waals surface area contributed by atoms with Crippen LogP contribution >= 0.6 is 0 Å². The topological polar surface area (TPSA) is 101 Å². The van der Waals surface area contributed by atoms with Crippen LogP contribution in [0.1, 0.15) is 42.9 Å². The van der Waals surface area contributed by atoms with Gasteiger partial charge in [-0.2, -0.15) is 0 Å². The lowest BCUT2D eigenvalue weighted by atomic mass is 9.89. The predicted octanol–water partition coefficient (Wildman–Crippen LogP) is 5.72. The molecular weight excluding hydrogens is 522 g/mol. The Hall–Kier alpha value is -4.08. The molecule has 2 fully saturated rings. The largest absolute Gasteiger partial charge is 0.383 e. The monoisotopic (exact) mass is 561 g/mol. The number of nitrogen functional groups attached to an aromatic ring is 1. The molecule has 0 amide bonds. The van der Waals surface area contributed by atoms with E-state index in [0.29, 0.717) is 23.8 Å². The Morgan fingerprint density at radius 1 is 0.857 bits per heavy atom. The van der Waals surface area contributed by atoms with Crippen LogP contribution in [0.4, 0.5) is 17.5 Å². The number of likely N-dealkylation sites (N-methyl/N-ethyl adjacent to an activating group) is 1. The van der Waals surface area contributed by atoms with E-state index < -0.39 is 0 Å². The molecule has 0 unspecified atom stereocenters. The second-order valence-corrected chi connectivity index (χ2v) is 12.1. The molecule has 216 valence electrons. The van der Waals surface area contributed by atoms with Gasteiger partial charge in [-0.25, -0.2) is 19.9 Å². The molecule has 3 aromatic heterocycles. The number of aromatic nitrogens is 5. The summed E-state index contributed by atoms with van der Waals surface area (Å²) in [6.45, 7) is 8.93. The molecule has 3 N–H and O–H groups in total. The number of hydrogen-bond acceptors (Lipinski definition) is 8. The standard InChI is InChI=1S/C33H39N9/c1-21-16-24-18-35-33(39-29(24)17-22(21)2)38-25-6-4-23(5-7-25)28-19-42(32-30(28)31(34)36-20-37-32)27-10-8-26(9-11-27)41-14-12-40(3)13-15-41/h4-7,16-20,26-27H,8-15H2,1-3H3,(H2,34,36,37)(H,35,38,39)/t26-,27+. The van der Waals surface area contributed by atoms with Gasteiger partial charge >= 0.3 is 0 Å². The number of nitrogens with one attached hydrogen (secondary N) is 1. The van der Waals surface area contributed by atoms with Crippen LogP contribution in [0, 0.1) is 13.8 Å². The van der Waals surface area contributed by atoms with E-state index in [9.17, 15) is 0 Å². The molecule has 1 aliphatic carbocycles. The molecule has 7 rings (SSSR count). The zero-order valence-corrected chi connectivity index (χ0v) is 24.7. The number of rotatable bonds is 5. The highest BCUT2D eigenvalue weighted by atomic mass is 15.3. The van der Waals surface area contributed by atoms with Gasteiger partial charge in [0.1, 0.15) is 17.8 Å². The quantitative estimate of drug-likeness (QED) is 0.281. The number of fused-ring (bicyclic) bond motifs is 2. The van der Waals surface area contributed by atoms with E-state index in [4.69, 9.17) is 15.7 Å². The average Bonchev–Trinajstić information content (AvgIpc) is 3.40. The summed E-state index contributed by atoms with van der Waals surface area (Å²) in [5, 5.41) is 5.34. The van der Waals surface area contributed by atoms with Gasteiger partial charge < -0.3 is 20.5 Å². The van der Waals surface area contributed by atoms with E-state index in [-0.39, 0.29) is 0 Å². The van der Waals surface area contributed by atoms with E-state index in [1.807, 2.05) is 6.20 Å². The van der Waals surface area contributed by atoms with Gasteiger partial charge in [0, 0.05) is 67.3 Å². The van der Waals surface area contributed by atoms with E-state index in [1.54, 1.807) is 6.33 Å². The molecule has 9 heteroatoms. The van der Waals surface area contributed by atoms with Crippen LogP contribution in [-0.4, -0.2) is 73.6 Å². The van der Waals surface area contributed by atoms with Crippen LogP contribution in [0.3, 0.4) is 0 Å². The van der Waals surface area contributed by atoms with Crippen molar-refractivity contribution in [3.05, 3.63) is 66.2 Å². The highest BCUT2D eigenvalue weighted by molar-refractivity contribution is 6.00.